The number of rotatable bonds is 6. The number of benzene rings is 2. The highest BCUT2D eigenvalue weighted by Gasteiger charge is 2.13. The van der Waals surface area contributed by atoms with E-state index in [1.165, 1.54) is 6.21 Å². The van der Waals surface area contributed by atoms with E-state index in [2.05, 4.69) is 15.8 Å². The van der Waals surface area contributed by atoms with E-state index < -0.39 is 11.8 Å². The van der Waals surface area contributed by atoms with Gasteiger partial charge >= 0.3 is 11.8 Å². The maximum atomic E-state index is 11.6. The van der Waals surface area contributed by atoms with Gasteiger partial charge in [0, 0.05) is 22.2 Å². The molecule has 2 rings (SSSR count). The van der Waals surface area contributed by atoms with Crippen LogP contribution in [0.3, 0.4) is 0 Å². The van der Waals surface area contributed by atoms with Crippen LogP contribution in [0.5, 0.6) is 5.75 Å². The molecule has 0 aliphatic heterocycles. The Balaban J connectivity index is 1.99. The summed E-state index contributed by atoms with van der Waals surface area (Å²) in [6.07, 6.45) is 1.42. The third kappa shape index (κ3) is 5.89. The lowest BCUT2D eigenvalue weighted by molar-refractivity contribution is -0.139. The molecule has 0 aliphatic carbocycles. The Morgan fingerprint density at radius 1 is 1.12 bits per heavy atom. The van der Waals surface area contributed by atoms with Crippen molar-refractivity contribution in [2.24, 2.45) is 5.10 Å². The van der Waals surface area contributed by atoms with E-state index in [1.807, 2.05) is 30.3 Å². The first-order valence-corrected chi connectivity index (χ1v) is 8.44. The number of para-hydroxylation sites is 1. The molecule has 0 saturated carbocycles. The van der Waals surface area contributed by atoms with Gasteiger partial charge in [0.15, 0.2) is 0 Å². The maximum absolute atomic E-state index is 11.6. The van der Waals surface area contributed by atoms with Crippen molar-refractivity contribution in [3.8, 4) is 5.75 Å². The van der Waals surface area contributed by atoms with Gasteiger partial charge in [0.05, 0.1) is 6.21 Å². The van der Waals surface area contributed by atoms with E-state index >= 15 is 0 Å². The molecule has 2 aromatic rings. The van der Waals surface area contributed by atoms with E-state index in [0.29, 0.717) is 22.9 Å². The van der Waals surface area contributed by atoms with Crippen LogP contribution in [0.1, 0.15) is 25.0 Å². The van der Waals surface area contributed by atoms with Crippen LogP contribution in [0, 0.1) is 0 Å². The standard InChI is InChI=1S/C19H20ClN3O3/c1-13(2)22-18(24)19(25)23-21-11-14-7-4-6-10-17(14)26-12-15-8-3-5-9-16(15)20/h3-11,13H,12H2,1-2H3,(H,22,24)(H,23,25)/b21-11-. The van der Waals surface area contributed by atoms with Crippen LogP contribution in [0.15, 0.2) is 53.6 Å². The Labute approximate surface area is 157 Å². The van der Waals surface area contributed by atoms with Gasteiger partial charge < -0.3 is 10.1 Å². The summed E-state index contributed by atoms with van der Waals surface area (Å²) in [7, 11) is 0. The number of hydrazone groups is 1. The van der Waals surface area contributed by atoms with E-state index in [4.69, 9.17) is 16.3 Å². The Morgan fingerprint density at radius 2 is 1.81 bits per heavy atom. The third-order valence-electron chi connectivity index (χ3n) is 3.26. The van der Waals surface area contributed by atoms with Crippen molar-refractivity contribution in [3.63, 3.8) is 0 Å². The fraction of sp³-hybridized carbons (Fsp3) is 0.211. The van der Waals surface area contributed by atoms with Crippen molar-refractivity contribution in [1.82, 2.24) is 10.7 Å². The fourth-order valence-corrected chi connectivity index (χ4v) is 2.22. The number of carbonyl (C=O) groups excluding carboxylic acids is 2. The first-order chi connectivity index (χ1) is 12.5. The van der Waals surface area contributed by atoms with Crippen molar-refractivity contribution in [3.05, 3.63) is 64.7 Å². The molecule has 2 N–H and O–H groups in total. The Hall–Kier alpha value is -2.86. The average Bonchev–Trinajstić information content (AvgIpc) is 2.61. The molecule has 2 amide bonds. The summed E-state index contributed by atoms with van der Waals surface area (Å²) < 4.78 is 5.79. The molecule has 0 radical (unpaired) electrons. The lowest BCUT2D eigenvalue weighted by atomic mass is 10.2. The van der Waals surface area contributed by atoms with Gasteiger partial charge in [-0.15, -0.1) is 0 Å². The molecule has 26 heavy (non-hydrogen) atoms. The van der Waals surface area contributed by atoms with E-state index in [0.717, 1.165) is 5.56 Å². The number of nitrogens with zero attached hydrogens (tertiary/aromatic N) is 1. The largest absolute Gasteiger partial charge is 0.488 e. The molecule has 0 saturated heterocycles. The number of halogens is 1. The summed E-state index contributed by atoms with van der Waals surface area (Å²) in [5, 5.41) is 6.92. The molecule has 0 aliphatic rings. The second kappa shape index (κ2) is 9.58. The quantitative estimate of drug-likeness (QED) is 0.464. The number of hydrogen-bond donors (Lipinski definition) is 2. The highest BCUT2D eigenvalue weighted by Crippen LogP contribution is 2.20. The van der Waals surface area contributed by atoms with Gasteiger partial charge in [-0.2, -0.15) is 5.10 Å². The van der Waals surface area contributed by atoms with Crippen molar-refractivity contribution in [2.45, 2.75) is 26.5 Å². The van der Waals surface area contributed by atoms with Crippen LogP contribution in [0.25, 0.3) is 0 Å². The number of amides is 2. The predicted molar refractivity (Wildman–Crippen MR) is 101 cm³/mol. The first kappa shape index (κ1) is 19.5. The topological polar surface area (TPSA) is 79.8 Å². The minimum absolute atomic E-state index is 0.129. The summed E-state index contributed by atoms with van der Waals surface area (Å²) in [6.45, 7) is 3.83. The monoisotopic (exact) mass is 373 g/mol. The van der Waals surface area contributed by atoms with Gasteiger partial charge in [-0.1, -0.05) is 41.9 Å². The molecule has 0 spiro atoms. The minimum Gasteiger partial charge on any atom is -0.488 e. The fourth-order valence-electron chi connectivity index (χ4n) is 2.03. The zero-order chi connectivity index (χ0) is 18.9. The average molecular weight is 374 g/mol. The number of hydrogen-bond acceptors (Lipinski definition) is 4. The van der Waals surface area contributed by atoms with Crippen LogP contribution in [0.2, 0.25) is 5.02 Å². The number of nitrogens with one attached hydrogen (secondary N) is 2. The van der Waals surface area contributed by atoms with Crippen LogP contribution < -0.4 is 15.5 Å². The summed E-state index contributed by atoms with van der Waals surface area (Å²) in [4.78, 5) is 23.1. The summed E-state index contributed by atoms with van der Waals surface area (Å²) in [6, 6.07) is 14.5. The SMILES string of the molecule is CC(C)NC(=O)C(=O)N/N=C\c1ccccc1OCc1ccccc1Cl. The van der Waals surface area contributed by atoms with E-state index in [-0.39, 0.29) is 6.04 Å². The van der Waals surface area contributed by atoms with Crippen LogP contribution >= 0.6 is 11.6 Å². The molecule has 0 atom stereocenters. The van der Waals surface area contributed by atoms with Gasteiger partial charge in [-0.05, 0) is 32.0 Å². The second-order valence-electron chi connectivity index (χ2n) is 5.75. The van der Waals surface area contributed by atoms with Crippen molar-refractivity contribution in [1.29, 1.82) is 0 Å². The van der Waals surface area contributed by atoms with Gasteiger partial charge in [0.2, 0.25) is 0 Å². The lowest BCUT2D eigenvalue weighted by Crippen LogP contribution is -2.41. The third-order valence-corrected chi connectivity index (χ3v) is 3.62. The van der Waals surface area contributed by atoms with Gasteiger partial charge in [-0.3, -0.25) is 9.59 Å². The van der Waals surface area contributed by atoms with E-state index in [1.54, 1.807) is 32.0 Å². The normalized spacial score (nSPS) is 10.8. The molecule has 2 aromatic carbocycles. The Morgan fingerprint density at radius 3 is 2.54 bits per heavy atom. The van der Waals surface area contributed by atoms with Gasteiger partial charge in [-0.25, -0.2) is 5.43 Å². The lowest BCUT2D eigenvalue weighted by Gasteiger charge is -2.10. The molecule has 0 unspecified atom stereocenters. The zero-order valence-electron chi connectivity index (χ0n) is 14.5. The number of ether oxygens (including phenoxy) is 1. The van der Waals surface area contributed by atoms with Crippen molar-refractivity contribution >= 4 is 29.6 Å². The summed E-state index contributed by atoms with van der Waals surface area (Å²) in [5.41, 5.74) is 3.71. The highest BCUT2D eigenvalue weighted by atomic mass is 35.5. The molecular weight excluding hydrogens is 354 g/mol. The summed E-state index contributed by atoms with van der Waals surface area (Å²) >= 11 is 6.12. The molecule has 0 bridgehead atoms. The minimum atomic E-state index is -0.829. The molecule has 0 aromatic heterocycles. The molecule has 7 heteroatoms. The smallest absolute Gasteiger partial charge is 0.329 e. The Kier molecular flexibility index (Phi) is 7.17. The predicted octanol–water partition coefficient (Wildman–Crippen LogP) is 2.89. The van der Waals surface area contributed by atoms with Crippen LogP contribution in [-0.2, 0) is 16.2 Å². The second-order valence-corrected chi connectivity index (χ2v) is 6.15. The molecule has 6 nitrogen and oxygen atoms in total. The van der Waals surface area contributed by atoms with Crippen molar-refractivity contribution in [2.75, 3.05) is 0 Å². The first-order valence-electron chi connectivity index (χ1n) is 8.06. The molecule has 136 valence electrons. The van der Waals surface area contributed by atoms with Crippen LogP contribution in [0.4, 0.5) is 0 Å². The Bertz CT molecular complexity index is 806. The highest BCUT2D eigenvalue weighted by molar-refractivity contribution is 6.35. The molecule has 0 heterocycles. The van der Waals surface area contributed by atoms with Crippen molar-refractivity contribution < 1.29 is 14.3 Å². The van der Waals surface area contributed by atoms with E-state index in [9.17, 15) is 9.59 Å². The van der Waals surface area contributed by atoms with Crippen LogP contribution in [-0.4, -0.2) is 24.1 Å². The molecular formula is C19H20ClN3O3. The maximum Gasteiger partial charge on any atom is 0.329 e. The zero-order valence-corrected chi connectivity index (χ0v) is 15.3. The number of carbonyl (C=O) groups is 2. The summed E-state index contributed by atoms with van der Waals surface area (Å²) in [5.74, 6) is -0.984. The van der Waals surface area contributed by atoms with Gasteiger partial charge in [0.1, 0.15) is 12.4 Å². The van der Waals surface area contributed by atoms with Gasteiger partial charge in [0.25, 0.3) is 0 Å². The molecule has 0 fully saturated rings.